The predicted molar refractivity (Wildman–Crippen MR) is 170 cm³/mol. The number of ether oxygens (including phenoxy) is 1. The van der Waals surface area contributed by atoms with Crippen LogP contribution in [0.25, 0.3) is 5.69 Å². The van der Waals surface area contributed by atoms with Crippen LogP contribution in [0.4, 0.5) is 0 Å². The van der Waals surface area contributed by atoms with E-state index in [4.69, 9.17) is 4.74 Å². The number of piperazine rings is 1. The molecule has 0 saturated carbocycles. The van der Waals surface area contributed by atoms with E-state index in [1.165, 1.54) is 11.1 Å². The van der Waals surface area contributed by atoms with Gasteiger partial charge in [-0.15, -0.1) is 10.2 Å². The molecule has 5 rings (SSSR count). The third-order valence-electron chi connectivity index (χ3n) is 7.77. The van der Waals surface area contributed by atoms with Gasteiger partial charge in [0.15, 0.2) is 5.16 Å². The summed E-state index contributed by atoms with van der Waals surface area (Å²) >= 11 is 1.68. The summed E-state index contributed by atoms with van der Waals surface area (Å²) in [5.41, 5.74) is 4.06. The van der Waals surface area contributed by atoms with Gasteiger partial charge in [-0.1, -0.05) is 65.9 Å². The standard InChI is InChI=1S/C34H39N5O3S/c1-25-15-17-29(18-16-25)39-31(22-27-10-5-4-6-11-27)35-36-34(39)43-21-8-7-14-32(40)37-19-20-38(26(2)24-37)33(41)28-12-9-13-30(23-28)42-3/h4-6,9-13,15-18,23,26H,7-8,14,19-22,24H2,1-3H3. The van der Waals surface area contributed by atoms with Crippen molar-refractivity contribution in [2.75, 3.05) is 32.5 Å². The van der Waals surface area contributed by atoms with Crippen molar-refractivity contribution in [3.63, 3.8) is 0 Å². The maximum atomic E-state index is 13.1. The Bertz CT molecular complexity index is 1520. The fourth-order valence-corrected chi connectivity index (χ4v) is 6.32. The average Bonchev–Trinajstić information content (AvgIpc) is 3.43. The predicted octanol–water partition coefficient (Wildman–Crippen LogP) is 5.81. The van der Waals surface area contributed by atoms with Crippen LogP contribution in [-0.4, -0.2) is 74.9 Å². The maximum Gasteiger partial charge on any atom is 0.254 e. The number of hydrogen-bond acceptors (Lipinski definition) is 6. The molecule has 0 spiro atoms. The summed E-state index contributed by atoms with van der Waals surface area (Å²) in [6.07, 6.45) is 2.91. The molecule has 0 radical (unpaired) electrons. The zero-order chi connectivity index (χ0) is 30.2. The van der Waals surface area contributed by atoms with Crippen molar-refractivity contribution in [3.05, 3.63) is 101 Å². The number of carbonyl (C=O) groups excluding carboxylic acids is 2. The number of unbranched alkanes of at least 4 members (excludes halogenated alkanes) is 1. The van der Waals surface area contributed by atoms with E-state index >= 15 is 0 Å². The number of amides is 2. The zero-order valence-electron chi connectivity index (χ0n) is 25.1. The Hall–Kier alpha value is -4.11. The molecule has 2 amide bonds. The number of methoxy groups -OCH3 is 1. The minimum absolute atomic E-state index is 0.0269. The average molecular weight is 598 g/mol. The lowest BCUT2D eigenvalue weighted by Gasteiger charge is -2.40. The van der Waals surface area contributed by atoms with Gasteiger partial charge in [-0.2, -0.15) is 0 Å². The van der Waals surface area contributed by atoms with Gasteiger partial charge in [0.05, 0.1) is 7.11 Å². The van der Waals surface area contributed by atoms with Crippen LogP contribution in [0.15, 0.2) is 84.0 Å². The molecule has 8 nitrogen and oxygen atoms in total. The monoisotopic (exact) mass is 597 g/mol. The molecule has 1 fully saturated rings. The third-order valence-corrected chi connectivity index (χ3v) is 8.79. The lowest BCUT2D eigenvalue weighted by molar-refractivity contribution is -0.133. The SMILES string of the molecule is COc1cccc(C(=O)N2CCN(C(=O)CCCCSc3nnc(Cc4ccccc4)n3-c3ccc(C)cc3)CC2C)c1. The lowest BCUT2D eigenvalue weighted by atomic mass is 10.1. The van der Waals surface area contributed by atoms with Gasteiger partial charge < -0.3 is 14.5 Å². The van der Waals surface area contributed by atoms with Gasteiger partial charge in [-0.05, 0) is 62.6 Å². The van der Waals surface area contributed by atoms with Crippen LogP contribution in [0.1, 0.15) is 53.5 Å². The Balaban J connectivity index is 1.12. The van der Waals surface area contributed by atoms with Crippen molar-refractivity contribution in [1.29, 1.82) is 0 Å². The van der Waals surface area contributed by atoms with Gasteiger partial charge in [-0.25, -0.2) is 0 Å². The molecule has 224 valence electrons. The summed E-state index contributed by atoms with van der Waals surface area (Å²) in [6.45, 7) is 5.72. The van der Waals surface area contributed by atoms with Crippen LogP contribution in [-0.2, 0) is 11.2 Å². The molecule has 0 N–H and O–H groups in total. The molecule has 4 aromatic rings. The highest BCUT2D eigenvalue weighted by molar-refractivity contribution is 7.99. The Morgan fingerprint density at radius 2 is 1.74 bits per heavy atom. The van der Waals surface area contributed by atoms with E-state index in [0.717, 1.165) is 35.3 Å². The molecule has 1 unspecified atom stereocenters. The Morgan fingerprint density at radius 1 is 0.953 bits per heavy atom. The van der Waals surface area contributed by atoms with Gasteiger partial charge >= 0.3 is 0 Å². The first kappa shape index (κ1) is 30.4. The van der Waals surface area contributed by atoms with E-state index in [1.807, 2.05) is 47.1 Å². The molecule has 43 heavy (non-hydrogen) atoms. The summed E-state index contributed by atoms with van der Waals surface area (Å²) < 4.78 is 7.42. The highest BCUT2D eigenvalue weighted by Crippen LogP contribution is 2.25. The van der Waals surface area contributed by atoms with Gasteiger partial charge in [-0.3, -0.25) is 14.2 Å². The lowest BCUT2D eigenvalue weighted by Crippen LogP contribution is -2.55. The fraction of sp³-hybridized carbons (Fsp3) is 0.353. The van der Waals surface area contributed by atoms with E-state index in [0.29, 0.717) is 43.8 Å². The fourth-order valence-electron chi connectivity index (χ4n) is 5.35. The zero-order valence-corrected chi connectivity index (χ0v) is 25.9. The van der Waals surface area contributed by atoms with Crippen LogP contribution >= 0.6 is 11.8 Å². The largest absolute Gasteiger partial charge is 0.497 e. The molecule has 1 aliphatic heterocycles. The van der Waals surface area contributed by atoms with Crippen molar-refractivity contribution in [2.24, 2.45) is 0 Å². The molecule has 0 bridgehead atoms. The van der Waals surface area contributed by atoms with E-state index in [1.54, 1.807) is 31.0 Å². The number of benzene rings is 3. The molecule has 3 aromatic carbocycles. The van der Waals surface area contributed by atoms with E-state index in [2.05, 4.69) is 58.1 Å². The number of aromatic nitrogens is 3. The highest BCUT2D eigenvalue weighted by Gasteiger charge is 2.30. The summed E-state index contributed by atoms with van der Waals surface area (Å²) in [4.78, 5) is 29.9. The number of hydrogen-bond donors (Lipinski definition) is 0. The van der Waals surface area contributed by atoms with E-state index in [-0.39, 0.29) is 17.9 Å². The van der Waals surface area contributed by atoms with Crippen molar-refractivity contribution in [1.82, 2.24) is 24.6 Å². The van der Waals surface area contributed by atoms with Crippen molar-refractivity contribution in [3.8, 4) is 11.4 Å². The second kappa shape index (κ2) is 14.4. The molecule has 9 heteroatoms. The molecule has 1 aliphatic rings. The normalized spacial score (nSPS) is 15.0. The van der Waals surface area contributed by atoms with Gasteiger partial charge in [0.2, 0.25) is 5.91 Å². The van der Waals surface area contributed by atoms with Crippen LogP contribution < -0.4 is 4.74 Å². The van der Waals surface area contributed by atoms with Gasteiger partial charge in [0.1, 0.15) is 11.6 Å². The molecule has 2 heterocycles. The van der Waals surface area contributed by atoms with E-state index < -0.39 is 0 Å². The van der Waals surface area contributed by atoms with Crippen LogP contribution in [0.2, 0.25) is 0 Å². The number of rotatable bonds is 11. The summed E-state index contributed by atoms with van der Waals surface area (Å²) in [5.74, 6) is 2.54. The molecule has 1 aromatic heterocycles. The van der Waals surface area contributed by atoms with Crippen molar-refractivity contribution < 1.29 is 14.3 Å². The quantitative estimate of drug-likeness (QED) is 0.160. The number of nitrogens with zero attached hydrogens (tertiary/aromatic N) is 5. The first-order valence-corrected chi connectivity index (χ1v) is 15.8. The Labute approximate surface area is 258 Å². The summed E-state index contributed by atoms with van der Waals surface area (Å²) in [5, 5.41) is 9.96. The first-order valence-electron chi connectivity index (χ1n) is 14.8. The number of carbonyl (C=O) groups is 2. The summed E-state index contributed by atoms with van der Waals surface area (Å²) in [7, 11) is 1.59. The molecule has 1 atom stereocenters. The highest BCUT2D eigenvalue weighted by atomic mass is 32.2. The maximum absolute atomic E-state index is 13.1. The molecular weight excluding hydrogens is 558 g/mol. The minimum Gasteiger partial charge on any atom is -0.497 e. The smallest absolute Gasteiger partial charge is 0.254 e. The second-order valence-electron chi connectivity index (χ2n) is 11.0. The molecule has 0 aliphatic carbocycles. The van der Waals surface area contributed by atoms with Gasteiger partial charge in [0.25, 0.3) is 5.91 Å². The van der Waals surface area contributed by atoms with Crippen LogP contribution in [0.5, 0.6) is 5.75 Å². The van der Waals surface area contributed by atoms with Crippen LogP contribution in [0.3, 0.4) is 0 Å². The molecular formula is C34H39N5O3S. The topological polar surface area (TPSA) is 80.6 Å². The van der Waals surface area contributed by atoms with Crippen molar-refractivity contribution >= 4 is 23.6 Å². The first-order chi connectivity index (χ1) is 20.9. The summed E-state index contributed by atoms with van der Waals surface area (Å²) in [6, 6.07) is 25.9. The second-order valence-corrected chi connectivity index (χ2v) is 12.0. The third kappa shape index (κ3) is 7.65. The minimum atomic E-state index is -0.0508. The molecule has 1 saturated heterocycles. The Morgan fingerprint density at radius 3 is 2.49 bits per heavy atom. The van der Waals surface area contributed by atoms with Crippen molar-refractivity contribution in [2.45, 2.75) is 50.7 Å². The Kier molecular flexibility index (Phi) is 10.1. The van der Waals surface area contributed by atoms with E-state index in [9.17, 15) is 9.59 Å². The van der Waals surface area contributed by atoms with Gasteiger partial charge in [0, 0.05) is 55.5 Å². The van der Waals surface area contributed by atoms with Crippen LogP contribution in [0, 0.1) is 6.92 Å². The number of aryl methyl sites for hydroxylation is 1. The number of thioether (sulfide) groups is 1.